The monoisotopic (exact) mass is 414 g/mol. The fourth-order valence-corrected chi connectivity index (χ4v) is 5.33. The number of benzene rings is 1. The smallest absolute Gasteiger partial charge is 0.0900 e. The number of piperazine rings is 1. The van der Waals surface area contributed by atoms with E-state index >= 15 is 0 Å². The summed E-state index contributed by atoms with van der Waals surface area (Å²) in [5, 5.41) is 11.1. The number of β-amino-alcohol motifs (C(OH)–C–C–N with tert-alkyl or cyclic N) is 1. The third-order valence-corrected chi connectivity index (χ3v) is 6.78. The van der Waals surface area contributed by atoms with Crippen LogP contribution in [0.5, 0.6) is 0 Å². The fraction of sp³-hybridized carbons (Fsp3) is 0.714. The van der Waals surface area contributed by atoms with E-state index in [1.54, 1.807) is 0 Å². The molecule has 4 atom stereocenters. The number of aliphatic hydroxyl groups excluding tert-OH is 1. The van der Waals surface area contributed by atoms with Gasteiger partial charge in [-0.15, -0.1) is 12.4 Å². The number of rotatable bonds is 7. The number of fused-ring (bicyclic) bond motifs is 2. The van der Waals surface area contributed by atoms with E-state index in [1.165, 1.54) is 31.4 Å². The Morgan fingerprint density at radius 3 is 2.63 bits per heavy atom. The molecule has 1 N–H and O–H groups in total. The van der Waals surface area contributed by atoms with Gasteiger partial charge in [0.1, 0.15) is 0 Å². The zero-order chi connectivity index (χ0) is 17.9. The summed E-state index contributed by atoms with van der Waals surface area (Å²) in [5.74, 6) is 2.62. The molecule has 2 bridgehead atoms. The van der Waals surface area contributed by atoms with Crippen LogP contribution < -0.4 is 4.90 Å². The number of aliphatic hydroxyl groups is 1. The van der Waals surface area contributed by atoms with Crippen molar-refractivity contribution < 1.29 is 9.84 Å². The molecule has 4 nitrogen and oxygen atoms in total. The van der Waals surface area contributed by atoms with Crippen LogP contribution in [0.1, 0.15) is 25.7 Å². The molecule has 0 aromatic heterocycles. The Morgan fingerprint density at radius 2 is 1.96 bits per heavy atom. The molecule has 2 aliphatic carbocycles. The first-order chi connectivity index (χ1) is 12.7. The van der Waals surface area contributed by atoms with Crippen molar-refractivity contribution in [2.45, 2.75) is 31.8 Å². The topological polar surface area (TPSA) is 35.9 Å². The highest BCUT2D eigenvalue weighted by Crippen LogP contribution is 2.48. The van der Waals surface area contributed by atoms with E-state index in [0.717, 1.165) is 55.6 Å². The molecule has 0 amide bonds. The highest BCUT2D eigenvalue weighted by Gasteiger charge is 2.39. The molecule has 1 saturated heterocycles. The number of hydrogen-bond donors (Lipinski definition) is 1. The minimum atomic E-state index is -0.383. The molecule has 27 heavy (non-hydrogen) atoms. The van der Waals surface area contributed by atoms with Crippen molar-refractivity contribution in [1.29, 1.82) is 0 Å². The Morgan fingerprint density at radius 1 is 1.15 bits per heavy atom. The molecule has 3 aliphatic rings. The van der Waals surface area contributed by atoms with E-state index in [2.05, 4.69) is 15.9 Å². The Kier molecular flexibility index (Phi) is 7.69. The van der Waals surface area contributed by atoms with Crippen molar-refractivity contribution in [2.24, 2.45) is 17.8 Å². The zero-order valence-corrected chi connectivity index (χ0v) is 17.5. The largest absolute Gasteiger partial charge is 0.389 e. The van der Waals surface area contributed by atoms with Gasteiger partial charge in [0.05, 0.1) is 12.7 Å². The minimum Gasteiger partial charge on any atom is -0.389 e. The third-order valence-electron chi connectivity index (χ3n) is 6.54. The number of anilines is 1. The van der Waals surface area contributed by atoms with Crippen LogP contribution >= 0.6 is 24.0 Å². The number of nitrogens with zero attached hydrogens (tertiary/aromatic N) is 2. The maximum absolute atomic E-state index is 10.3. The van der Waals surface area contributed by atoms with Gasteiger partial charge >= 0.3 is 0 Å². The van der Waals surface area contributed by atoms with Gasteiger partial charge in [0.25, 0.3) is 0 Å². The highest BCUT2D eigenvalue weighted by molar-refractivity contribution is 6.30. The van der Waals surface area contributed by atoms with Gasteiger partial charge < -0.3 is 14.7 Å². The molecule has 6 heteroatoms. The molecule has 1 aromatic rings. The van der Waals surface area contributed by atoms with Gasteiger partial charge in [-0.2, -0.15) is 0 Å². The van der Waals surface area contributed by atoms with Gasteiger partial charge in [-0.3, -0.25) is 4.90 Å². The molecule has 152 valence electrons. The molecule has 4 unspecified atom stereocenters. The summed E-state index contributed by atoms with van der Waals surface area (Å²) in [5.41, 5.74) is 1.19. The molecule has 1 aromatic carbocycles. The second kappa shape index (κ2) is 9.80. The summed E-state index contributed by atoms with van der Waals surface area (Å²) in [4.78, 5) is 4.70. The number of ether oxygens (including phenoxy) is 1. The maximum Gasteiger partial charge on any atom is 0.0900 e. The van der Waals surface area contributed by atoms with Crippen molar-refractivity contribution in [1.82, 2.24) is 4.90 Å². The van der Waals surface area contributed by atoms with Crippen LogP contribution in [0.15, 0.2) is 24.3 Å². The Labute approximate surface area is 174 Å². The molecular weight excluding hydrogens is 383 g/mol. The van der Waals surface area contributed by atoms with Crippen molar-refractivity contribution >= 4 is 29.7 Å². The standard InChI is InChI=1S/C21H31ClN2O2.ClH/c22-19-2-1-3-20(12-19)24-8-6-23(7-9-24)13-21(25)15-26-14-18-11-16-4-5-17(18)10-16;/h1-3,12,16-18,21,25H,4-11,13-15H2;1H. The van der Waals surface area contributed by atoms with Gasteiger partial charge in [-0.05, 0) is 55.2 Å². The Bertz CT molecular complexity index is 595. The summed E-state index contributed by atoms with van der Waals surface area (Å²) in [6, 6.07) is 8.05. The molecule has 1 heterocycles. The van der Waals surface area contributed by atoms with Gasteiger partial charge in [0.2, 0.25) is 0 Å². The second-order valence-electron chi connectivity index (χ2n) is 8.39. The predicted octanol–water partition coefficient (Wildman–Crippen LogP) is 3.70. The first-order valence-electron chi connectivity index (χ1n) is 10.2. The lowest BCUT2D eigenvalue weighted by atomic mass is 9.90. The van der Waals surface area contributed by atoms with Crippen molar-refractivity contribution in [2.75, 3.05) is 50.8 Å². The number of hydrogen-bond acceptors (Lipinski definition) is 4. The van der Waals surface area contributed by atoms with Crippen LogP contribution in [-0.2, 0) is 4.74 Å². The van der Waals surface area contributed by atoms with E-state index in [0.29, 0.717) is 13.2 Å². The molecule has 3 fully saturated rings. The zero-order valence-electron chi connectivity index (χ0n) is 15.9. The van der Waals surface area contributed by atoms with E-state index < -0.39 is 0 Å². The Hall–Kier alpha value is -0.520. The lowest BCUT2D eigenvalue weighted by Gasteiger charge is -2.37. The van der Waals surface area contributed by atoms with Gasteiger partial charge in [0, 0.05) is 50.0 Å². The van der Waals surface area contributed by atoms with E-state index in [4.69, 9.17) is 16.3 Å². The molecule has 0 spiro atoms. The molecule has 4 rings (SSSR count). The average Bonchev–Trinajstić information content (AvgIpc) is 3.25. The van der Waals surface area contributed by atoms with Gasteiger partial charge in [-0.1, -0.05) is 24.1 Å². The molecular formula is C21H32Cl2N2O2. The van der Waals surface area contributed by atoms with Crippen molar-refractivity contribution in [3.05, 3.63) is 29.3 Å². The molecule has 2 saturated carbocycles. The summed E-state index contributed by atoms with van der Waals surface area (Å²) >= 11 is 6.09. The average molecular weight is 415 g/mol. The quantitative estimate of drug-likeness (QED) is 0.737. The molecule has 1 aliphatic heterocycles. The summed E-state index contributed by atoms with van der Waals surface area (Å²) in [7, 11) is 0. The normalized spacial score (nSPS) is 29.0. The second-order valence-corrected chi connectivity index (χ2v) is 8.83. The van der Waals surface area contributed by atoms with Crippen LogP contribution in [0.4, 0.5) is 5.69 Å². The van der Waals surface area contributed by atoms with Crippen LogP contribution in [0, 0.1) is 17.8 Å². The van der Waals surface area contributed by atoms with E-state index in [-0.39, 0.29) is 18.5 Å². The van der Waals surface area contributed by atoms with Crippen molar-refractivity contribution in [3.63, 3.8) is 0 Å². The maximum atomic E-state index is 10.3. The number of halogens is 2. The molecule has 0 radical (unpaired) electrons. The van der Waals surface area contributed by atoms with Crippen LogP contribution in [0.25, 0.3) is 0 Å². The van der Waals surface area contributed by atoms with Gasteiger partial charge in [0.15, 0.2) is 0 Å². The van der Waals surface area contributed by atoms with Crippen LogP contribution in [-0.4, -0.2) is 62.0 Å². The fourth-order valence-electron chi connectivity index (χ4n) is 5.15. The van der Waals surface area contributed by atoms with Gasteiger partial charge in [-0.25, -0.2) is 0 Å². The highest BCUT2D eigenvalue weighted by atomic mass is 35.5. The summed E-state index contributed by atoms with van der Waals surface area (Å²) in [6.45, 7) is 5.91. The lowest BCUT2D eigenvalue weighted by Crippen LogP contribution is -2.49. The van der Waals surface area contributed by atoms with E-state index in [1.807, 2.05) is 18.2 Å². The summed E-state index contributed by atoms with van der Waals surface area (Å²) < 4.78 is 5.88. The van der Waals surface area contributed by atoms with Crippen LogP contribution in [0.3, 0.4) is 0 Å². The van der Waals surface area contributed by atoms with Crippen LogP contribution in [0.2, 0.25) is 5.02 Å². The predicted molar refractivity (Wildman–Crippen MR) is 113 cm³/mol. The lowest BCUT2D eigenvalue weighted by molar-refractivity contribution is -0.00274. The first kappa shape index (κ1) is 21.2. The van der Waals surface area contributed by atoms with E-state index in [9.17, 15) is 5.11 Å². The first-order valence-corrected chi connectivity index (χ1v) is 10.5. The summed E-state index contributed by atoms with van der Waals surface area (Å²) in [6.07, 6.45) is 5.23. The third kappa shape index (κ3) is 5.51. The van der Waals surface area contributed by atoms with Crippen molar-refractivity contribution in [3.8, 4) is 0 Å². The SMILES string of the molecule is Cl.OC(COCC1CC2CCC1C2)CN1CCN(c2cccc(Cl)c2)CC1. The minimum absolute atomic E-state index is 0. The Balaban J connectivity index is 0.00000210.